The number of para-hydroxylation sites is 1. The van der Waals surface area contributed by atoms with Gasteiger partial charge >= 0.3 is 5.97 Å². The van der Waals surface area contributed by atoms with Crippen LogP contribution in [0.3, 0.4) is 0 Å². The summed E-state index contributed by atoms with van der Waals surface area (Å²) in [6.45, 7) is 1.36. The van der Waals surface area contributed by atoms with Crippen LogP contribution < -0.4 is 9.64 Å². The van der Waals surface area contributed by atoms with E-state index in [2.05, 4.69) is 6.07 Å². The first-order valence-corrected chi connectivity index (χ1v) is 14.4. The topological polar surface area (TPSA) is 66.8 Å². The summed E-state index contributed by atoms with van der Waals surface area (Å²) < 4.78 is 19.1. The van der Waals surface area contributed by atoms with Gasteiger partial charge in [0, 0.05) is 23.1 Å². The van der Waals surface area contributed by atoms with Crippen LogP contribution in [0.25, 0.3) is 11.1 Å². The summed E-state index contributed by atoms with van der Waals surface area (Å²) in [6.07, 6.45) is 1.91. The van der Waals surface area contributed by atoms with E-state index in [9.17, 15) is 19.1 Å². The third kappa shape index (κ3) is 5.81. The molecule has 0 saturated carbocycles. The number of carbonyl (C=O) groups is 2. The summed E-state index contributed by atoms with van der Waals surface area (Å²) in [5.74, 6) is -0.910. The van der Waals surface area contributed by atoms with Crippen molar-refractivity contribution in [3.05, 3.63) is 114 Å². The van der Waals surface area contributed by atoms with Gasteiger partial charge in [0.1, 0.15) is 11.6 Å². The maximum Gasteiger partial charge on any atom is 0.308 e. The zero-order chi connectivity index (χ0) is 28.2. The van der Waals surface area contributed by atoms with Crippen LogP contribution in [-0.2, 0) is 9.59 Å². The molecule has 0 bridgehead atoms. The van der Waals surface area contributed by atoms with Gasteiger partial charge in [-0.25, -0.2) is 4.39 Å². The van der Waals surface area contributed by atoms with E-state index in [-0.39, 0.29) is 11.7 Å². The average Bonchev–Trinajstić information content (AvgIpc) is 2.96. The van der Waals surface area contributed by atoms with Crippen LogP contribution in [0.2, 0.25) is 0 Å². The van der Waals surface area contributed by atoms with E-state index in [1.807, 2.05) is 73.0 Å². The van der Waals surface area contributed by atoms with Gasteiger partial charge in [0.15, 0.2) is 0 Å². The Labute approximate surface area is 237 Å². The van der Waals surface area contributed by atoms with Crippen LogP contribution >= 0.6 is 11.8 Å². The summed E-state index contributed by atoms with van der Waals surface area (Å²) in [5, 5.41) is 10.8. The fraction of sp³-hybridized carbons (Fsp3) is 0.212. The molecule has 0 aromatic heterocycles. The molecule has 0 aliphatic carbocycles. The molecule has 0 spiro atoms. The van der Waals surface area contributed by atoms with Crippen molar-refractivity contribution in [1.82, 2.24) is 0 Å². The molecule has 1 aliphatic rings. The second-order valence-corrected chi connectivity index (χ2v) is 10.7. The van der Waals surface area contributed by atoms with Crippen LogP contribution in [0.1, 0.15) is 43.0 Å². The molecule has 1 fully saturated rings. The van der Waals surface area contributed by atoms with Crippen LogP contribution in [0.4, 0.5) is 10.1 Å². The number of hydrogen-bond acceptors (Lipinski definition) is 5. The van der Waals surface area contributed by atoms with Crippen molar-refractivity contribution in [2.24, 2.45) is 5.92 Å². The highest BCUT2D eigenvalue weighted by Crippen LogP contribution is 2.49. The highest BCUT2D eigenvalue weighted by atomic mass is 32.2. The van der Waals surface area contributed by atoms with Gasteiger partial charge in [0.2, 0.25) is 5.91 Å². The minimum absolute atomic E-state index is 0.0620. The van der Waals surface area contributed by atoms with E-state index < -0.39 is 24.0 Å². The van der Waals surface area contributed by atoms with Gasteiger partial charge in [-0.3, -0.25) is 9.59 Å². The molecule has 7 heteroatoms. The summed E-state index contributed by atoms with van der Waals surface area (Å²) >= 11 is 1.65. The zero-order valence-corrected chi connectivity index (χ0v) is 23.1. The number of anilines is 1. The van der Waals surface area contributed by atoms with Gasteiger partial charge in [-0.1, -0.05) is 54.6 Å². The van der Waals surface area contributed by atoms with Crippen LogP contribution in [0, 0.1) is 11.7 Å². The monoisotopic (exact) mass is 555 g/mol. The standard InChI is InChI=1S/C33H30FNO4S/c1-21(36)39-31-20-24(23-7-6-10-27(19-23)40-2)13-16-28(31)32-29(33(38)35(32)26-8-4-3-5-9-26)17-18-30(37)22-11-14-25(34)15-12-22/h3-16,19-20,29-30,32,37H,17-18H2,1-2H3. The third-order valence-corrected chi connectivity index (χ3v) is 7.97. The Morgan fingerprint density at radius 3 is 2.40 bits per heavy atom. The molecule has 1 heterocycles. The molecule has 40 heavy (non-hydrogen) atoms. The molecule has 3 atom stereocenters. The summed E-state index contributed by atoms with van der Waals surface area (Å²) in [4.78, 5) is 28.5. The molecule has 5 nitrogen and oxygen atoms in total. The number of carbonyl (C=O) groups excluding carboxylic acids is 2. The van der Waals surface area contributed by atoms with Gasteiger partial charge in [0.25, 0.3) is 0 Å². The Hall–Kier alpha value is -3.94. The first-order chi connectivity index (χ1) is 19.4. The molecular formula is C33H30FNO4S. The van der Waals surface area contributed by atoms with Crippen molar-refractivity contribution in [1.29, 1.82) is 0 Å². The number of nitrogens with zero attached hydrogens (tertiary/aromatic N) is 1. The van der Waals surface area contributed by atoms with E-state index in [1.165, 1.54) is 19.1 Å². The lowest BCUT2D eigenvalue weighted by molar-refractivity contribution is -0.132. The van der Waals surface area contributed by atoms with Gasteiger partial charge in [-0.2, -0.15) is 0 Å². The average molecular weight is 556 g/mol. The van der Waals surface area contributed by atoms with Gasteiger partial charge in [0.05, 0.1) is 18.1 Å². The number of aliphatic hydroxyl groups is 1. The number of aliphatic hydroxyl groups excluding tert-OH is 1. The van der Waals surface area contributed by atoms with Crippen LogP contribution in [0.15, 0.2) is 102 Å². The first kappa shape index (κ1) is 27.6. The zero-order valence-electron chi connectivity index (χ0n) is 22.3. The number of amides is 1. The molecule has 1 amide bonds. The molecule has 204 valence electrons. The Morgan fingerprint density at radius 1 is 0.975 bits per heavy atom. The number of esters is 1. The largest absolute Gasteiger partial charge is 0.426 e. The van der Waals surface area contributed by atoms with E-state index in [0.29, 0.717) is 24.2 Å². The second-order valence-electron chi connectivity index (χ2n) is 9.82. The van der Waals surface area contributed by atoms with Crippen molar-refractivity contribution < 1.29 is 23.8 Å². The number of hydrogen-bond donors (Lipinski definition) is 1. The molecule has 4 aromatic carbocycles. The molecule has 0 radical (unpaired) electrons. The quantitative estimate of drug-likeness (QED) is 0.101. The minimum atomic E-state index is -0.834. The fourth-order valence-electron chi connectivity index (χ4n) is 5.26. The Morgan fingerprint density at radius 2 is 1.70 bits per heavy atom. The third-order valence-electron chi connectivity index (χ3n) is 7.24. The maximum atomic E-state index is 13.5. The Kier molecular flexibility index (Phi) is 8.33. The molecule has 1 saturated heterocycles. The fourth-order valence-corrected chi connectivity index (χ4v) is 5.71. The predicted molar refractivity (Wildman–Crippen MR) is 156 cm³/mol. The van der Waals surface area contributed by atoms with Crippen molar-refractivity contribution in [2.45, 2.75) is 36.8 Å². The van der Waals surface area contributed by atoms with Crippen LogP contribution in [-0.4, -0.2) is 23.2 Å². The molecule has 5 rings (SSSR count). The number of halogens is 1. The minimum Gasteiger partial charge on any atom is -0.426 e. The summed E-state index contributed by atoms with van der Waals surface area (Å²) in [5.41, 5.74) is 3.97. The van der Waals surface area contributed by atoms with E-state index in [1.54, 1.807) is 28.8 Å². The molecule has 1 aliphatic heterocycles. The molecule has 3 unspecified atom stereocenters. The lowest BCUT2D eigenvalue weighted by Gasteiger charge is -2.48. The highest BCUT2D eigenvalue weighted by molar-refractivity contribution is 7.98. The smallest absolute Gasteiger partial charge is 0.308 e. The van der Waals surface area contributed by atoms with E-state index >= 15 is 0 Å². The molecular weight excluding hydrogens is 525 g/mol. The molecule has 1 N–H and O–H groups in total. The van der Waals surface area contributed by atoms with Gasteiger partial charge < -0.3 is 14.7 Å². The van der Waals surface area contributed by atoms with Crippen molar-refractivity contribution >= 4 is 29.3 Å². The Balaban J connectivity index is 1.50. The number of thioether (sulfide) groups is 1. The second kappa shape index (κ2) is 12.1. The van der Waals surface area contributed by atoms with E-state index in [0.717, 1.165) is 27.3 Å². The summed E-state index contributed by atoms with van der Waals surface area (Å²) in [6, 6.07) is 28.6. The number of ether oxygens (including phenoxy) is 1. The van der Waals surface area contributed by atoms with Crippen LogP contribution in [0.5, 0.6) is 5.75 Å². The lowest BCUT2D eigenvalue weighted by atomic mass is 9.77. The van der Waals surface area contributed by atoms with Gasteiger partial charge in [-0.15, -0.1) is 11.8 Å². The number of rotatable bonds is 9. The number of benzene rings is 4. The maximum absolute atomic E-state index is 13.5. The first-order valence-electron chi connectivity index (χ1n) is 13.1. The van der Waals surface area contributed by atoms with E-state index in [4.69, 9.17) is 4.74 Å². The van der Waals surface area contributed by atoms with Crippen molar-refractivity contribution in [2.75, 3.05) is 11.2 Å². The highest BCUT2D eigenvalue weighted by Gasteiger charge is 2.49. The normalized spacial score (nSPS) is 17.3. The lowest BCUT2D eigenvalue weighted by Crippen LogP contribution is -2.55. The van der Waals surface area contributed by atoms with Gasteiger partial charge in [-0.05, 0) is 78.3 Å². The number of β-lactam (4-membered cyclic amide) rings is 1. The Bertz CT molecular complexity index is 1510. The predicted octanol–water partition coefficient (Wildman–Crippen LogP) is 7.36. The SMILES string of the molecule is CSc1cccc(-c2ccc(C3C(CCC(O)c4ccc(F)cc4)C(=O)N3c3ccccc3)c(OC(C)=O)c2)c1. The molecule has 4 aromatic rings. The van der Waals surface area contributed by atoms with Crippen molar-refractivity contribution in [3.63, 3.8) is 0 Å². The summed E-state index contributed by atoms with van der Waals surface area (Å²) in [7, 11) is 0. The van der Waals surface area contributed by atoms with Crippen molar-refractivity contribution in [3.8, 4) is 16.9 Å².